The second-order valence-corrected chi connectivity index (χ2v) is 6.73. The van der Waals surface area contributed by atoms with Crippen LogP contribution in [0, 0.1) is 5.82 Å². The van der Waals surface area contributed by atoms with E-state index in [9.17, 15) is 14.3 Å². The molecular weight excluding hydrogens is 339 g/mol. The van der Waals surface area contributed by atoms with Gasteiger partial charge >= 0.3 is 0 Å². The van der Waals surface area contributed by atoms with Gasteiger partial charge in [-0.1, -0.05) is 0 Å². The number of aliphatic hydroxyl groups is 1. The van der Waals surface area contributed by atoms with Crippen molar-refractivity contribution in [3.8, 4) is 5.75 Å². The Hall–Kier alpha value is -2.45. The molecule has 1 aromatic carbocycles. The number of halogens is 1. The van der Waals surface area contributed by atoms with Crippen LogP contribution in [0.25, 0.3) is 0 Å². The predicted octanol–water partition coefficient (Wildman–Crippen LogP) is 1.40. The first-order valence-corrected chi connectivity index (χ1v) is 8.53. The molecular formula is C18H23FN4O3. The van der Waals surface area contributed by atoms with Crippen molar-refractivity contribution in [1.82, 2.24) is 14.7 Å². The average Bonchev–Trinajstić information content (AvgIpc) is 2.99. The zero-order valence-corrected chi connectivity index (χ0v) is 14.7. The van der Waals surface area contributed by atoms with Gasteiger partial charge in [-0.05, 0) is 43.7 Å². The molecule has 0 unspecified atom stereocenters. The van der Waals surface area contributed by atoms with E-state index >= 15 is 0 Å². The number of ether oxygens (including phenoxy) is 1. The lowest BCUT2D eigenvalue weighted by atomic mass is 9.93. The van der Waals surface area contributed by atoms with Crippen LogP contribution in [0.4, 0.5) is 10.1 Å². The van der Waals surface area contributed by atoms with E-state index in [0.717, 1.165) is 13.0 Å². The Morgan fingerprint density at radius 2 is 2.19 bits per heavy atom. The monoisotopic (exact) mass is 362 g/mol. The molecule has 7 nitrogen and oxygen atoms in total. The highest BCUT2D eigenvalue weighted by Gasteiger charge is 2.34. The molecule has 140 valence electrons. The lowest BCUT2D eigenvalue weighted by Gasteiger charge is -2.38. The van der Waals surface area contributed by atoms with Gasteiger partial charge in [0, 0.05) is 19.8 Å². The first-order valence-electron chi connectivity index (χ1n) is 8.53. The summed E-state index contributed by atoms with van der Waals surface area (Å²) in [6.45, 7) is 1.36. The van der Waals surface area contributed by atoms with Crippen molar-refractivity contribution >= 4 is 11.6 Å². The minimum Gasteiger partial charge on any atom is -0.491 e. The average molecular weight is 362 g/mol. The molecule has 26 heavy (non-hydrogen) atoms. The van der Waals surface area contributed by atoms with Gasteiger partial charge in [0.25, 0.3) is 0 Å². The van der Waals surface area contributed by atoms with Gasteiger partial charge in [0.05, 0.1) is 18.4 Å². The van der Waals surface area contributed by atoms with E-state index in [4.69, 9.17) is 4.74 Å². The fourth-order valence-corrected chi connectivity index (χ4v) is 3.10. The van der Waals surface area contributed by atoms with Crippen LogP contribution in [0.15, 0.2) is 36.7 Å². The highest BCUT2D eigenvalue weighted by molar-refractivity contribution is 5.91. The highest BCUT2D eigenvalue weighted by atomic mass is 19.1. The van der Waals surface area contributed by atoms with E-state index in [2.05, 4.69) is 10.4 Å². The summed E-state index contributed by atoms with van der Waals surface area (Å²) < 4.78 is 20.1. The molecule has 1 aliphatic heterocycles. The summed E-state index contributed by atoms with van der Waals surface area (Å²) in [5, 5.41) is 17.6. The Morgan fingerprint density at radius 3 is 2.88 bits per heavy atom. The minimum absolute atomic E-state index is 0.0966. The number of rotatable bonds is 6. The number of β-amino-alcohol motifs (C(OH)–C–C–N with tert-alkyl or cyclic N) is 1. The topological polar surface area (TPSA) is 79.6 Å². The molecule has 1 aliphatic rings. The molecule has 2 aromatic rings. The number of carbonyl (C=O) groups excluding carboxylic acids is 1. The van der Waals surface area contributed by atoms with Crippen molar-refractivity contribution in [2.75, 3.05) is 31.6 Å². The maximum Gasteiger partial charge on any atom is 0.238 e. The van der Waals surface area contributed by atoms with Crippen molar-refractivity contribution in [1.29, 1.82) is 0 Å². The number of amides is 1. The van der Waals surface area contributed by atoms with Crippen LogP contribution in [0.5, 0.6) is 5.75 Å². The van der Waals surface area contributed by atoms with Gasteiger partial charge in [-0.2, -0.15) is 5.10 Å². The van der Waals surface area contributed by atoms with E-state index in [-0.39, 0.29) is 24.9 Å². The van der Waals surface area contributed by atoms with Gasteiger partial charge in [0.1, 0.15) is 23.8 Å². The summed E-state index contributed by atoms with van der Waals surface area (Å²) in [6.07, 6.45) is 4.67. The van der Waals surface area contributed by atoms with Gasteiger partial charge < -0.3 is 15.2 Å². The molecule has 0 spiro atoms. The molecule has 1 amide bonds. The predicted molar refractivity (Wildman–Crippen MR) is 94.4 cm³/mol. The minimum atomic E-state index is -1.04. The van der Waals surface area contributed by atoms with Gasteiger partial charge in [-0.3, -0.25) is 14.4 Å². The third kappa shape index (κ3) is 5.03. The van der Waals surface area contributed by atoms with Crippen LogP contribution in [0.1, 0.15) is 12.8 Å². The molecule has 0 aliphatic carbocycles. The van der Waals surface area contributed by atoms with Gasteiger partial charge in [0.15, 0.2) is 0 Å². The van der Waals surface area contributed by atoms with Crippen LogP contribution in [0.2, 0.25) is 0 Å². The molecule has 2 N–H and O–H groups in total. The van der Waals surface area contributed by atoms with E-state index in [1.165, 1.54) is 24.3 Å². The molecule has 3 rings (SSSR count). The van der Waals surface area contributed by atoms with Crippen molar-refractivity contribution in [3.05, 3.63) is 42.5 Å². The van der Waals surface area contributed by atoms with Crippen LogP contribution < -0.4 is 10.1 Å². The number of nitrogens with one attached hydrogen (secondary N) is 1. The smallest absolute Gasteiger partial charge is 0.238 e. The van der Waals surface area contributed by atoms with Crippen LogP contribution in [-0.4, -0.2) is 57.5 Å². The number of nitrogens with zero attached hydrogens (tertiary/aromatic N) is 3. The number of carbonyl (C=O) groups is 1. The molecule has 0 bridgehead atoms. The zero-order chi connectivity index (χ0) is 18.6. The Balaban J connectivity index is 1.50. The first-order chi connectivity index (χ1) is 12.4. The number of anilines is 1. The molecule has 1 atom stereocenters. The lowest BCUT2D eigenvalue weighted by molar-refractivity contribution is -0.119. The zero-order valence-electron chi connectivity index (χ0n) is 14.7. The van der Waals surface area contributed by atoms with E-state index in [1.807, 2.05) is 4.90 Å². The normalized spacial score (nSPS) is 20.7. The molecule has 2 heterocycles. The standard InChI is InChI=1S/C18H23FN4O3/c1-22-10-15(9-20-22)21-17(24)11-23-8-2-7-18(25,12-23)13-26-16-5-3-14(19)4-6-16/h3-6,9-10,25H,2,7-8,11-13H2,1H3,(H,21,24)/t18-/m0/s1. The fourth-order valence-electron chi connectivity index (χ4n) is 3.10. The third-order valence-corrected chi connectivity index (χ3v) is 4.31. The van der Waals surface area contributed by atoms with Gasteiger partial charge in [-0.15, -0.1) is 0 Å². The number of likely N-dealkylation sites (tertiary alicyclic amines) is 1. The number of benzene rings is 1. The summed E-state index contributed by atoms with van der Waals surface area (Å²) in [4.78, 5) is 14.1. The molecule has 0 saturated carbocycles. The van der Waals surface area contributed by atoms with Crippen molar-refractivity contribution in [3.63, 3.8) is 0 Å². The number of hydrogen-bond donors (Lipinski definition) is 2. The second-order valence-electron chi connectivity index (χ2n) is 6.73. The summed E-state index contributed by atoms with van der Waals surface area (Å²) in [5.74, 6) is 0.0208. The van der Waals surface area contributed by atoms with Crippen molar-refractivity contribution < 1.29 is 19.0 Å². The quantitative estimate of drug-likeness (QED) is 0.812. The molecule has 0 radical (unpaired) electrons. The number of hydrogen-bond acceptors (Lipinski definition) is 5. The molecule has 1 fully saturated rings. The number of piperidine rings is 1. The molecule has 1 aromatic heterocycles. The lowest BCUT2D eigenvalue weighted by Crippen LogP contribution is -2.53. The van der Waals surface area contributed by atoms with Crippen molar-refractivity contribution in [2.45, 2.75) is 18.4 Å². The van der Waals surface area contributed by atoms with E-state index in [1.54, 1.807) is 24.1 Å². The van der Waals surface area contributed by atoms with Crippen LogP contribution in [0.3, 0.4) is 0 Å². The fraction of sp³-hybridized carbons (Fsp3) is 0.444. The molecule has 8 heteroatoms. The second kappa shape index (κ2) is 7.84. The summed E-state index contributed by atoms with van der Waals surface area (Å²) in [5.41, 5.74) is -0.397. The van der Waals surface area contributed by atoms with Crippen LogP contribution in [-0.2, 0) is 11.8 Å². The Bertz CT molecular complexity index is 749. The van der Waals surface area contributed by atoms with Crippen LogP contribution >= 0.6 is 0 Å². The summed E-state index contributed by atoms with van der Waals surface area (Å²) in [6, 6.07) is 5.69. The Labute approximate surface area is 151 Å². The van der Waals surface area contributed by atoms with Gasteiger partial charge in [0.2, 0.25) is 5.91 Å². The maximum absolute atomic E-state index is 12.9. The maximum atomic E-state index is 12.9. The van der Waals surface area contributed by atoms with Crippen molar-refractivity contribution in [2.24, 2.45) is 7.05 Å². The largest absolute Gasteiger partial charge is 0.491 e. The highest BCUT2D eigenvalue weighted by Crippen LogP contribution is 2.23. The Morgan fingerprint density at radius 1 is 1.42 bits per heavy atom. The number of aromatic nitrogens is 2. The summed E-state index contributed by atoms with van der Waals surface area (Å²) >= 11 is 0. The first kappa shape index (κ1) is 18.3. The summed E-state index contributed by atoms with van der Waals surface area (Å²) in [7, 11) is 1.78. The van der Waals surface area contributed by atoms with E-state index in [0.29, 0.717) is 24.4 Å². The third-order valence-electron chi connectivity index (χ3n) is 4.31. The number of aryl methyl sites for hydroxylation is 1. The SMILES string of the molecule is Cn1cc(NC(=O)CN2CCC[C@@](O)(COc3ccc(F)cc3)C2)cn1. The molecule has 1 saturated heterocycles. The van der Waals surface area contributed by atoms with Gasteiger partial charge in [-0.25, -0.2) is 4.39 Å². The van der Waals surface area contributed by atoms with E-state index < -0.39 is 5.60 Å². The Kier molecular flexibility index (Phi) is 5.53.